The van der Waals surface area contributed by atoms with Crippen molar-refractivity contribution in [3.8, 4) is 11.1 Å². The minimum atomic E-state index is -0.280. The zero-order valence-electron chi connectivity index (χ0n) is 14.3. The third-order valence-electron chi connectivity index (χ3n) is 4.28. The maximum absolute atomic E-state index is 12.1. The van der Waals surface area contributed by atoms with Gasteiger partial charge in [0.05, 0.1) is 12.7 Å². The van der Waals surface area contributed by atoms with Gasteiger partial charge in [-0.1, -0.05) is 44.5 Å². The number of carbonyl (C=O) groups excluding carboxylic acids is 1. The van der Waals surface area contributed by atoms with Crippen LogP contribution in [-0.4, -0.2) is 24.8 Å². The van der Waals surface area contributed by atoms with Gasteiger partial charge in [-0.2, -0.15) is 0 Å². The summed E-state index contributed by atoms with van der Waals surface area (Å²) in [6.45, 7) is 4.54. The van der Waals surface area contributed by atoms with Gasteiger partial charge in [-0.05, 0) is 53.5 Å². The van der Waals surface area contributed by atoms with Crippen molar-refractivity contribution in [1.29, 1.82) is 0 Å². The molecule has 0 amide bonds. The van der Waals surface area contributed by atoms with Crippen LogP contribution in [-0.2, 0) is 11.2 Å². The third kappa shape index (κ3) is 4.11. The highest BCUT2D eigenvalue weighted by Crippen LogP contribution is 2.35. The van der Waals surface area contributed by atoms with Crippen LogP contribution in [0.15, 0.2) is 30.3 Å². The molecule has 23 heavy (non-hydrogen) atoms. The standard InChI is InChI=1S/C20H26O3/c1-14(2)15-9-7-10-17-16(8-5-4-6-11-21)13-19(18(17)12-15)20(22)23-3/h7,9-10,12-14,21H,4-6,8,11H2,1-3H3. The highest BCUT2D eigenvalue weighted by atomic mass is 16.5. The number of aliphatic hydroxyl groups excluding tert-OH is 1. The van der Waals surface area contributed by atoms with Crippen LogP contribution in [0.4, 0.5) is 0 Å². The van der Waals surface area contributed by atoms with Gasteiger partial charge in [0.25, 0.3) is 0 Å². The van der Waals surface area contributed by atoms with E-state index in [0.717, 1.165) is 36.8 Å². The summed E-state index contributed by atoms with van der Waals surface area (Å²) >= 11 is 0. The summed E-state index contributed by atoms with van der Waals surface area (Å²) < 4.78 is 4.96. The van der Waals surface area contributed by atoms with Crippen molar-refractivity contribution in [3.05, 3.63) is 47.0 Å². The van der Waals surface area contributed by atoms with Gasteiger partial charge < -0.3 is 9.84 Å². The van der Waals surface area contributed by atoms with E-state index in [1.54, 1.807) is 0 Å². The normalized spacial score (nSPS) is 11.2. The predicted molar refractivity (Wildman–Crippen MR) is 93.1 cm³/mol. The van der Waals surface area contributed by atoms with E-state index in [4.69, 9.17) is 9.84 Å². The average molecular weight is 314 g/mol. The van der Waals surface area contributed by atoms with E-state index >= 15 is 0 Å². The lowest BCUT2D eigenvalue weighted by Crippen LogP contribution is -2.00. The molecule has 3 heteroatoms. The molecule has 2 aliphatic rings. The Hall–Kier alpha value is -1.87. The Balaban J connectivity index is 2.41. The summed E-state index contributed by atoms with van der Waals surface area (Å²) in [6.07, 6.45) is 3.74. The Labute approximate surface area is 138 Å². The minimum Gasteiger partial charge on any atom is -0.465 e. The van der Waals surface area contributed by atoms with E-state index < -0.39 is 0 Å². The highest BCUT2D eigenvalue weighted by molar-refractivity contribution is 6.00. The van der Waals surface area contributed by atoms with E-state index in [9.17, 15) is 4.79 Å². The molecule has 1 N–H and O–H groups in total. The smallest absolute Gasteiger partial charge is 0.338 e. The summed E-state index contributed by atoms with van der Waals surface area (Å²) in [5, 5.41) is 8.90. The molecular formula is C20H26O3. The number of fused-ring (bicyclic) bond motifs is 1. The Morgan fingerprint density at radius 3 is 2.57 bits per heavy atom. The van der Waals surface area contributed by atoms with E-state index in [0.29, 0.717) is 11.5 Å². The second-order valence-electron chi connectivity index (χ2n) is 6.26. The van der Waals surface area contributed by atoms with Crippen LogP contribution in [0.1, 0.15) is 60.5 Å². The summed E-state index contributed by atoms with van der Waals surface area (Å²) in [4.78, 5) is 12.1. The van der Waals surface area contributed by atoms with Crippen LogP contribution in [0.3, 0.4) is 0 Å². The fraction of sp³-hybridized carbons (Fsp3) is 0.450. The molecular weight excluding hydrogens is 288 g/mol. The van der Waals surface area contributed by atoms with Crippen molar-refractivity contribution in [2.45, 2.75) is 45.4 Å². The second-order valence-corrected chi connectivity index (χ2v) is 6.26. The van der Waals surface area contributed by atoms with Gasteiger partial charge in [0.1, 0.15) is 0 Å². The Morgan fingerprint density at radius 1 is 1.13 bits per heavy atom. The van der Waals surface area contributed by atoms with Crippen molar-refractivity contribution in [1.82, 2.24) is 0 Å². The quantitative estimate of drug-likeness (QED) is 0.608. The molecule has 0 aromatic rings. The maximum atomic E-state index is 12.1. The summed E-state index contributed by atoms with van der Waals surface area (Å²) in [6, 6.07) is 10.4. The Morgan fingerprint density at radius 2 is 1.91 bits per heavy atom. The molecule has 0 spiro atoms. The molecule has 0 aromatic heterocycles. The molecule has 0 heterocycles. The van der Waals surface area contributed by atoms with Gasteiger partial charge in [-0.25, -0.2) is 4.79 Å². The fourth-order valence-corrected chi connectivity index (χ4v) is 2.92. The number of carbonyl (C=O) groups is 1. The largest absolute Gasteiger partial charge is 0.465 e. The lowest BCUT2D eigenvalue weighted by molar-refractivity contribution is 0.0602. The molecule has 3 nitrogen and oxygen atoms in total. The number of rotatable bonds is 7. The van der Waals surface area contributed by atoms with Crippen molar-refractivity contribution in [3.63, 3.8) is 0 Å². The van der Waals surface area contributed by atoms with Gasteiger partial charge in [0.15, 0.2) is 0 Å². The number of hydrogen-bond acceptors (Lipinski definition) is 3. The molecule has 0 aliphatic heterocycles. The van der Waals surface area contributed by atoms with Crippen molar-refractivity contribution < 1.29 is 14.6 Å². The fourth-order valence-electron chi connectivity index (χ4n) is 2.92. The first-order valence-electron chi connectivity index (χ1n) is 8.33. The number of esters is 1. The minimum absolute atomic E-state index is 0.238. The molecule has 0 fully saturated rings. The number of hydrogen-bond donors (Lipinski definition) is 1. The van der Waals surface area contributed by atoms with E-state index in [1.807, 2.05) is 6.07 Å². The monoisotopic (exact) mass is 314 g/mol. The first-order chi connectivity index (χ1) is 11.1. The third-order valence-corrected chi connectivity index (χ3v) is 4.28. The second kappa shape index (κ2) is 8.11. The van der Waals surface area contributed by atoms with E-state index in [1.165, 1.54) is 18.2 Å². The molecule has 0 saturated carbocycles. The highest BCUT2D eigenvalue weighted by Gasteiger charge is 2.20. The number of methoxy groups -OCH3 is 1. The van der Waals surface area contributed by atoms with Crippen molar-refractivity contribution >= 4 is 5.97 Å². The molecule has 2 aliphatic carbocycles. The molecule has 0 saturated heterocycles. The Kier molecular flexibility index (Phi) is 6.17. The number of unbranched alkanes of at least 4 members (excludes halogenated alkanes) is 2. The molecule has 2 rings (SSSR count). The van der Waals surface area contributed by atoms with Crippen LogP contribution in [0.5, 0.6) is 0 Å². The number of aliphatic hydroxyl groups is 1. The number of aryl methyl sites for hydroxylation is 1. The molecule has 0 radical (unpaired) electrons. The Bertz CT molecular complexity index is 631. The van der Waals surface area contributed by atoms with Crippen LogP contribution in [0.2, 0.25) is 0 Å². The molecule has 0 aromatic carbocycles. The lowest BCUT2D eigenvalue weighted by atomic mass is 10.0. The topological polar surface area (TPSA) is 46.5 Å². The summed E-state index contributed by atoms with van der Waals surface area (Å²) in [5.41, 5.74) is 5.15. The zero-order valence-corrected chi connectivity index (χ0v) is 14.3. The molecule has 124 valence electrons. The van der Waals surface area contributed by atoms with Crippen molar-refractivity contribution in [2.24, 2.45) is 0 Å². The number of ether oxygens (including phenoxy) is 1. The predicted octanol–water partition coefficient (Wildman–Crippen LogP) is 4.41. The first kappa shape index (κ1) is 17.5. The van der Waals surface area contributed by atoms with Gasteiger partial charge in [-0.15, -0.1) is 0 Å². The molecule has 0 atom stereocenters. The summed E-state index contributed by atoms with van der Waals surface area (Å²) in [5.74, 6) is 0.122. The van der Waals surface area contributed by atoms with E-state index in [2.05, 4.69) is 38.1 Å². The van der Waals surface area contributed by atoms with Gasteiger partial charge in [0, 0.05) is 6.61 Å². The van der Waals surface area contributed by atoms with Crippen LogP contribution < -0.4 is 0 Å². The van der Waals surface area contributed by atoms with Gasteiger partial charge in [-0.3, -0.25) is 0 Å². The van der Waals surface area contributed by atoms with Crippen LogP contribution in [0, 0.1) is 0 Å². The average Bonchev–Trinajstić information content (AvgIpc) is 2.72. The zero-order chi connectivity index (χ0) is 16.8. The first-order valence-corrected chi connectivity index (χ1v) is 8.33. The lowest BCUT2D eigenvalue weighted by Gasteiger charge is -2.05. The summed E-state index contributed by atoms with van der Waals surface area (Å²) in [7, 11) is 1.42. The van der Waals surface area contributed by atoms with Crippen molar-refractivity contribution in [2.75, 3.05) is 13.7 Å². The molecule has 0 bridgehead atoms. The SMILES string of the molecule is COC(=O)c1cc(CCCCCO)c2cccc(C(C)C)cc1-2. The van der Waals surface area contributed by atoms with Gasteiger partial charge in [0.2, 0.25) is 0 Å². The van der Waals surface area contributed by atoms with Crippen LogP contribution in [0.25, 0.3) is 11.1 Å². The van der Waals surface area contributed by atoms with Crippen LogP contribution >= 0.6 is 0 Å². The molecule has 0 unspecified atom stereocenters. The maximum Gasteiger partial charge on any atom is 0.338 e. The van der Waals surface area contributed by atoms with Gasteiger partial charge >= 0.3 is 5.97 Å². The van der Waals surface area contributed by atoms with E-state index in [-0.39, 0.29) is 12.6 Å².